The van der Waals surface area contributed by atoms with Gasteiger partial charge < -0.3 is 10.6 Å². The van der Waals surface area contributed by atoms with Crippen molar-refractivity contribution in [3.8, 4) is 0 Å². The van der Waals surface area contributed by atoms with Gasteiger partial charge in [-0.3, -0.25) is 19.7 Å². The molecule has 0 saturated carbocycles. The molecule has 0 unspecified atom stereocenters. The highest BCUT2D eigenvalue weighted by molar-refractivity contribution is 8.00. The van der Waals surface area contributed by atoms with Gasteiger partial charge in [-0.15, -0.1) is 11.8 Å². The van der Waals surface area contributed by atoms with Gasteiger partial charge in [0, 0.05) is 28.5 Å². The lowest BCUT2D eigenvalue weighted by atomic mass is 10.2. The van der Waals surface area contributed by atoms with E-state index >= 15 is 0 Å². The van der Waals surface area contributed by atoms with E-state index in [0.717, 1.165) is 17.3 Å². The largest absolute Gasteiger partial charge is 0.325 e. The van der Waals surface area contributed by atoms with Crippen LogP contribution in [0, 0.1) is 17.0 Å². The van der Waals surface area contributed by atoms with Crippen molar-refractivity contribution in [2.75, 3.05) is 22.1 Å². The van der Waals surface area contributed by atoms with Crippen molar-refractivity contribution in [2.24, 2.45) is 0 Å². The third-order valence-electron chi connectivity index (χ3n) is 3.27. The second-order valence-electron chi connectivity index (χ2n) is 5.36. The number of nitro groups is 1. The Hall–Kier alpha value is -2.58. The molecule has 0 saturated heterocycles. The third-order valence-corrected chi connectivity index (χ3v) is 4.44. The summed E-state index contributed by atoms with van der Waals surface area (Å²) in [6.45, 7) is 1.83. The van der Waals surface area contributed by atoms with Crippen LogP contribution < -0.4 is 10.6 Å². The number of carbonyl (C=O) groups is 2. The van der Waals surface area contributed by atoms with Crippen molar-refractivity contribution in [1.82, 2.24) is 0 Å². The number of hydrogen-bond acceptors (Lipinski definition) is 5. The Kier molecular flexibility index (Phi) is 6.99. The van der Waals surface area contributed by atoms with Gasteiger partial charge >= 0.3 is 0 Å². The molecule has 2 N–H and O–H groups in total. The van der Waals surface area contributed by atoms with E-state index in [0.29, 0.717) is 16.4 Å². The number of non-ortho nitro benzene ring substituents is 1. The van der Waals surface area contributed by atoms with Crippen LogP contribution in [0.1, 0.15) is 5.56 Å². The normalized spacial score (nSPS) is 10.2. The summed E-state index contributed by atoms with van der Waals surface area (Å²) in [5, 5.41) is 16.6. The molecule has 2 aromatic rings. The molecule has 26 heavy (non-hydrogen) atoms. The average molecular weight is 394 g/mol. The fourth-order valence-corrected chi connectivity index (χ4v) is 2.93. The Labute approximate surface area is 159 Å². The number of halogens is 1. The van der Waals surface area contributed by atoms with Gasteiger partial charge in [-0.25, -0.2) is 0 Å². The molecule has 0 atom stereocenters. The molecule has 0 spiro atoms. The number of benzene rings is 2. The number of nitrogens with one attached hydrogen (secondary N) is 2. The van der Waals surface area contributed by atoms with E-state index in [4.69, 9.17) is 11.6 Å². The molecule has 0 aliphatic rings. The lowest BCUT2D eigenvalue weighted by molar-refractivity contribution is -0.384. The number of carbonyl (C=O) groups excluding carboxylic acids is 2. The summed E-state index contributed by atoms with van der Waals surface area (Å²) >= 11 is 7.01. The molecule has 0 heterocycles. The average Bonchev–Trinajstić information content (AvgIpc) is 2.57. The number of nitrogens with zero attached hydrogens (tertiary/aromatic N) is 1. The van der Waals surface area contributed by atoms with Gasteiger partial charge in [0.25, 0.3) is 5.69 Å². The Morgan fingerprint density at radius 2 is 1.81 bits per heavy atom. The number of thioether (sulfide) groups is 1. The van der Waals surface area contributed by atoms with Gasteiger partial charge in [-0.2, -0.15) is 0 Å². The molecular weight excluding hydrogens is 378 g/mol. The van der Waals surface area contributed by atoms with Crippen LogP contribution in [0.5, 0.6) is 0 Å². The lowest BCUT2D eigenvalue weighted by Gasteiger charge is -2.09. The minimum Gasteiger partial charge on any atom is -0.325 e. The monoisotopic (exact) mass is 393 g/mol. The molecule has 0 aromatic heterocycles. The Bertz CT molecular complexity index is 845. The predicted molar refractivity (Wildman–Crippen MR) is 104 cm³/mol. The topological polar surface area (TPSA) is 101 Å². The first-order valence-corrected chi connectivity index (χ1v) is 9.06. The van der Waals surface area contributed by atoms with E-state index in [1.807, 2.05) is 6.92 Å². The first-order valence-electron chi connectivity index (χ1n) is 7.53. The summed E-state index contributed by atoms with van der Waals surface area (Å²) in [4.78, 5) is 34.0. The number of amides is 2. The zero-order valence-electron chi connectivity index (χ0n) is 13.8. The predicted octanol–water partition coefficient (Wildman–Crippen LogP) is 3.87. The molecule has 0 radical (unpaired) electrons. The van der Waals surface area contributed by atoms with Crippen molar-refractivity contribution >= 4 is 52.2 Å². The second kappa shape index (κ2) is 9.21. The summed E-state index contributed by atoms with van der Waals surface area (Å²) in [5.41, 5.74) is 1.75. The molecule has 0 fully saturated rings. The Morgan fingerprint density at radius 3 is 2.46 bits per heavy atom. The van der Waals surface area contributed by atoms with Crippen LogP contribution in [0.3, 0.4) is 0 Å². The smallest absolute Gasteiger partial charge is 0.271 e. The maximum Gasteiger partial charge on any atom is 0.271 e. The summed E-state index contributed by atoms with van der Waals surface area (Å²) in [6.07, 6.45) is 0. The Morgan fingerprint density at radius 1 is 1.12 bits per heavy atom. The van der Waals surface area contributed by atoms with E-state index in [1.165, 1.54) is 18.2 Å². The molecule has 7 nitrogen and oxygen atoms in total. The summed E-state index contributed by atoms with van der Waals surface area (Å²) in [6, 6.07) is 10.8. The molecule has 0 aliphatic heterocycles. The zero-order chi connectivity index (χ0) is 19.1. The number of rotatable bonds is 7. The first-order chi connectivity index (χ1) is 12.3. The van der Waals surface area contributed by atoms with E-state index in [2.05, 4.69) is 10.6 Å². The van der Waals surface area contributed by atoms with Crippen LogP contribution in [0.2, 0.25) is 5.02 Å². The molecule has 0 bridgehead atoms. The maximum atomic E-state index is 11.9. The number of nitro benzene ring substituents is 1. The number of hydrogen-bond donors (Lipinski definition) is 2. The van der Waals surface area contributed by atoms with Crippen molar-refractivity contribution in [3.63, 3.8) is 0 Å². The lowest BCUT2D eigenvalue weighted by Crippen LogP contribution is -2.18. The molecule has 2 amide bonds. The second-order valence-corrected chi connectivity index (χ2v) is 6.78. The minimum absolute atomic E-state index is 0.0513. The first kappa shape index (κ1) is 19.7. The fraction of sp³-hybridized carbons (Fsp3) is 0.176. The Balaban J connectivity index is 1.78. The van der Waals surface area contributed by atoms with Crippen LogP contribution in [-0.4, -0.2) is 28.2 Å². The highest BCUT2D eigenvalue weighted by Crippen LogP contribution is 2.20. The highest BCUT2D eigenvalue weighted by atomic mass is 35.5. The molecule has 2 rings (SSSR count). The van der Waals surface area contributed by atoms with Crippen molar-refractivity contribution in [1.29, 1.82) is 0 Å². The summed E-state index contributed by atoms with van der Waals surface area (Å²) in [7, 11) is 0. The third kappa shape index (κ3) is 6.05. The van der Waals surface area contributed by atoms with Crippen molar-refractivity contribution < 1.29 is 14.5 Å². The minimum atomic E-state index is -0.534. The van der Waals surface area contributed by atoms with E-state index in [1.54, 1.807) is 24.3 Å². The fourth-order valence-electron chi connectivity index (χ4n) is 2.08. The van der Waals surface area contributed by atoms with Crippen LogP contribution in [-0.2, 0) is 9.59 Å². The van der Waals surface area contributed by atoms with E-state index in [9.17, 15) is 19.7 Å². The molecule has 0 aliphatic carbocycles. The quantitative estimate of drug-likeness (QED) is 0.549. The van der Waals surface area contributed by atoms with Gasteiger partial charge in [0.05, 0.1) is 16.4 Å². The van der Waals surface area contributed by atoms with E-state index in [-0.39, 0.29) is 29.0 Å². The summed E-state index contributed by atoms with van der Waals surface area (Å²) in [5.74, 6) is -0.422. The molecule has 9 heteroatoms. The van der Waals surface area contributed by atoms with Gasteiger partial charge in [-0.1, -0.05) is 17.7 Å². The van der Waals surface area contributed by atoms with Crippen LogP contribution in [0.4, 0.5) is 17.1 Å². The number of aryl methyl sites for hydroxylation is 1. The van der Waals surface area contributed by atoms with Crippen LogP contribution >= 0.6 is 23.4 Å². The standard InChI is InChI=1S/C17H16ClN3O4S/c1-11-7-12(18)5-6-15(11)20-17(23)10-26-9-16(22)19-13-3-2-4-14(8-13)21(24)25/h2-8H,9-10H2,1H3,(H,19,22)(H,20,23). The molecule has 2 aromatic carbocycles. The van der Waals surface area contributed by atoms with Crippen LogP contribution in [0.25, 0.3) is 0 Å². The van der Waals surface area contributed by atoms with Gasteiger partial charge in [0.1, 0.15) is 0 Å². The van der Waals surface area contributed by atoms with Crippen LogP contribution in [0.15, 0.2) is 42.5 Å². The van der Waals surface area contributed by atoms with Gasteiger partial charge in [0.15, 0.2) is 0 Å². The van der Waals surface area contributed by atoms with Crippen molar-refractivity contribution in [3.05, 3.63) is 63.2 Å². The maximum absolute atomic E-state index is 11.9. The SMILES string of the molecule is Cc1cc(Cl)ccc1NC(=O)CSCC(=O)Nc1cccc([N+](=O)[O-])c1. The number of anilines is 2. The van der Waals surface area contributed by atoms with Gasteiger partial charge in [0.2, 0.25) is 11.8 Å². The highest BCUT2D eigenvalue weighted by Gasteiger charge is 2.10. The van der Waals surface area contributed by atoms with Gasteiger partial charge in [-0.05, 0) is 36.8 Å². The molecule has 136 valence electrons. The summed E-state index contributed by atoms with van der Waals surface area (Å²) < 4.78 is 0. The zero-order valence-corrected chi connectivity index (χ0v) is 15.4. The van der Waals surface area contributed by atoms with E-state index < -0.39 is 4.92 Å². The van der Waals surface area contributed by atoms with Crippen molar-refractivity contribution in [2.45, 2.75) is 6.92 Å². The molecular formula is C17H16ClN3O4S.